The minimum absolute atomic E-state index is 0.0506. The Hall–Kier alpha value is -2.03. The smallest absolute Gasteiger partial charge is 0.462 e. The lowest BCUT2D eigenvalue weighted by Gasteiger charge is -2.19. The molecular formula is C70H132NO8P. The summed E-state index contributed by atoms with van der Waals surface area (Å²) in [5.41, 5.74) is 5.39. The molecule has 0 fully saturated rings. The van der Waals surface area contributed by atoms with E-state index in [1.165, 1.54) is 238 Å². The van der Waals surface area contributed by atoms with Crippen LogP contribution in [-0.2, 0) is 32.7 Å². The van der Waals surface area contributed by atoms with Gasteiger partial charge in [-0.2, -0.15) is 0 Å². The lowest BCUT2D eigenvalue weighted by molar-refractivity contribution is -0.161. The van der Waals surface area contributed by atoms with Gasteiger partial charge < -0.3 is 20.1 Å². The Morgan fingerprint density at radius 1 is 0.388 bits per heavy atom. The number of rotatable bonds is 66. The monoisotopic (exact) mass is 1150 g/mol. The summed E-state index contributed by atoms with van der Waals surface area (Å²) >= 11 is 0. The quantitative estimate of drug-likeness (QED) is 0.0264. The van der Waals surface area contributed by atoms with E-state index in [9.17, 15) is 19.0 Å². The number of nitrogens with two attached hydrogens (primary N) is 1. The number of carbonyl (C=O) groups is 2. The van der Waals surface area contributed by atoms with Crippen LogP contribution in [0.25, 0.3) is 0 Å². The third-order valence-corrected chi connectivity index (χ3v) is 16.5. The van der Waals surface area contributed by atoms with Crippen LogP contribution >= 0.6 is 7.82 Å². The van der Waals surface area contributed by atoms with E-state index in [1.807, 2.05) is 0 Å². The molecule has 0 bridgehead atoms. The number of hydrogen-bond acceptors (Lipinski definition) is 8. The Morgan fingerprint density at radius 3 is 1.02 bits per heavy atom. The van der Waals surface area contributed by atoms with Crippen LogP contribution in [0.15, 0.2) is 48.6 Å². The first-order valence-electron chi connectivity index (χ1n) is 34.6. The minimum atomic E-state index is -4.39. The van der Waals surface area contributed by atoms with E-state index in [1.54, 1.807) is 0 Å². The molecule has 2 atom stereocenters. The summed E-state index contributed by atoms with van der Waals surface area (Å²) in [6, 6.07) is 0. The molecule has 0 heterocycles. The normalized spacial score (nSPS) is 13.2. The maximum Gasteiger partial charge on any atom is 0.472 e. The van der Waals surface area contributed by atoms with Crippen LogP contribution in [0.4, 0.5) is 0 Å². The van der Waals surface area contributed by atoms with Gasteiger partial charge in [-0.1, -0.05) is 339 Å². The molecule has 0 aromatic carbocycles. The first-order chi connectivity index (χ1) is 39.3. The summed E-state index contributed by atoms with van der Waals surface area (Å²) in [6.45, 7) is 3.66. The van der Waals surface area contributed by atoms with Crippen LogP contribution in [0.1, 0.15) is 354 Å². The van der Waals surface area contributed by atoms with Gasteiger partial charge in [0.15, 0.2) is 6.10 Å². The number of allylic oxidation sites excluding steroid dienone is 8. The Morgan fingerprint density at radius 2 is 0.688 bits per heavy atom. The molecule has 0 rings (SSSR count). The van der Waals surface area contributed by atoms with Gasteiger partial charge in [0.25, 0.3) is 0 Å². The maximum atomic E-state index is 12.7. The summed E-state index contributed by atoms with van der Waals surface area (Å²) in [5, 5.41) is 0. The van der Waals surface area contributed by atoms with Gasteiger partial charge in [0.1, 0.15) is 6.61 Å². The van der Waals surface area contributed by atoms with Crippen molar-refractivity contribution in [1.29, 1.82) is 0 Å². The predicted octanol–water partition coefficient (Wildman–Crippen LogP) is 22.5. The summed E-state index contributed by atoms with van der Waals surface area (Å²) in [5.74, 6) is -0.831. The number of phosphoric ester groups is 1. The fourth-order valence-corrected chi connectivity index (χ4v) is 11.2. The summed E-state index contributed by atoms with van der Waals surface area (Å²) < 4.78 is 33.1. The molecule has 10 heteroatoms. The van der Waals surface area contributed by atoms with E-state index in [0.29, 0.717) is 6.42 Å². The molecule has 470 valence electrons. The molecule has 0 saturated heterocycles. The number of ether oxygens (including phenoxy) is 2. The number of esters is 2. The van der Waals surface area contributed by atoms with Crippen molar-refractivity contribution in [2.24, 2.45) is 5.73 Å². The van der Waals surface area contributed by atoms with Crippen molar-refractivity contribution in [1.82, 2.24) is 0 Å². The van der Waals surface area contributed by atoms with E-state index in [2.05, 4.69) is 62.5 Å². The zero-order chi connectivity index (χ0) is 58.0. The highest BCUT2D eigenvalue weighted by molar-refractivity contribution is 7.47. The molecule has 0 aliphatic heterocycles. The van der Waals surface area contributed by atoms with E-state index < -0.39 is 26.5 Å². The van der Waals surface area contributed by atoms with E-state index >= 15 is 0 Å². The van der Waals surface area contributed by atoms with Crippen LogP contribution in [0.2, 0.25) is 0 Å². The fraction of sp³-hybridized carbons (Fsp3) is 0.857. The minimum Gasteiger partial charge on any atom is -0.462 e. The topological polar surface area (TPSA) is 134 Å². The van der Waals surface area contributed by atoms with E-state index in [0.717, 1.165) is 83.5 Å². The van der Waals surface area contributed by atoms with E-state index in [-0.39, 0.29) is 38.6 Å². The second kappa shape index (κ2) is 66.1. The SMILES string of the molecule is CC/C=C\C/C=C\C/C=C\C/C=C\CCCCCCCCC(=O)OC(COC(=O)CCCCCCCCCCCCCCCCCCCCCCCCCCCCCCCCCCCCCCCCCC)COP(=O)(O)OCCN. The number of carbonyl (C=O) groups excluding carboxylic acids is 2. The third-order valence-electron chi connectivity index (χ3n) is 15.5. The standard InChI is InChI=1S/C70H132NO8P/c1-3-5-7-9-11-13-15-17-19-21-23-24-25-26-27-28-29-30-31-32-33-34-35-36-37-38-39-40-41-42-43-45-46-48-50-52-54-56-58-60-62-69(72)76-66-68(67-78-80(74,75)77-65-64-71)79-70(73)63-61-59-57-55-53-51-49-47-44-22-20-18-16-14-12-10-8-6-4-2/h6,8,12,14,18,20,44,47,68H,3-5,7,9-11,13,15-17,19,21-43,45-46,48-67,71H2,1-2H3,(H,74,75)/b8-6-,14-12-,20-18-,47-44-. The molecule has 0 amide bonds. The van der Waals surface area contributed by atoms with Crippen LogP contribution in [0.3, 0.4) is 0 Å². The average Bonchev–Trinajstić information content (AvgIpc) is 3.45. The lowest BCUT2D eigenvalue weighted by atomic mass is 10.0. The molecule has 3 N–H and O–H groups in total. The molecule has 2 unspecified atom stereocenters. The summed E-state index contributed by atoms with van der Waals surface area (Å²) in [4.78, 5) is 35.2. The Labute approximate surface area is 496 Å². The van der Waals surface area contributed by atoms with Gasteiger partial charge >= 0.3 is 19.8 Å². The van der Waals surface area contributed by atoms with Crippen molar-refractivity contribution in [3.63, 3.8) is 0 Å². The fourth-order valence-electron chi connectivity index (χ4n) is 10.4. The second-order valence-corrected chi connectivity index (χ2v) is 24.8. The number of phosphoric acid groups is 1. The van der Waals surface area contributed by atoms with Crippen LogP contribution < -0.4 is 5.73 Å². The zero-order valence-corrected chi connectivity index (χ0v) is 53.7. The van der Waals surface area contributed by atoms with Crippen molar-refractivity contribution in [2.75, 3.05) is 26.4 Å². The molecule has 0 spiro atoms. The maximum absolute atomic E-state index is 12.7. The highest BCUT2D eigenvalue weighted by atomic mass is 31.2. The molecule has 80 heavy (non-hydrogen) atoms. The molecule has 0 aliphatic carbocycles. The highest BCUT2D eigenvalue weighted by Gasteiger charge is 2.26. The lowest BCUT2D eigenvalue weighted by Crippen LogP contribution is -2.29. The van der Waals surface area contributed by atoms with Crippen LogP contribution in [0, 0.1) is 0 Å². The van der Waals surface area contributed by atoms with Crippen molar-refractivity contribution in [3.8, 4) is 0 Å². The van der Waals surface area contributed by atoms with Crippen molar-refractivity contribution in [3.05, 3.63) is 48.6 Å². The second-order valence-electron chi connectivity index (χ2n) is 23.4. The van der Waals surface area contributed by atoms with Gasteiger partial charge in [-0.3, -0.25) is 18.6 Å². The first kappa shape index (κ1) is 78.0. The molecule has 0 radical (unpaired) electrons. The Balaban J connectivity index is 3.73. The Kier molecular flexibility index (Phi) is 64.4. The molecule has 0 aromatic rings. The number of unbranched alkanes of at least 4 members (excludes halogenated alkanes) is 45. The third kappa shape index (κ3) is 65.1. The van der Waals surface area contributed by atoms with Gasteiger partial charge in [0.05, 0.1) is 13.2 Å². The predicted molar refractivity (Wildman–Crippen MR) is 344 cm³/mol. The van der Waals surface area contributed by atoms with Gasteiger partial charge in [-0.15, -0.1) is 0 Å². The van der Waals surface area contributed by atoms with E-state index in [4.69, 9.17) is 24.3 Å². The molecular weight excluding hydrogens is 1010 g/mol. The van der Waals surface area contributed by atoms with Crippen LogP contribution in [-0.4, -0.2) is 49.3 Å². The summed E-state index contributed by atoms with van der Waals surface area (Å²) in [7, 11) is -4.39. The van der Waals surface area contributed by atoms with Gasteiger partial charge in [-0.25, -0.2) is 4.57 Å². The van der Waals surface area contributed by atoms with Crippen molar-refractivity contribution >= 4 is 19.8 Å². The van der Waals surface area contributed by atoms with Gasteiger partial charge in [0, 0.05) is 19.4 Å². The van der Waals surface area contributed by atoms with Gasteiger partial charge in [0.2, 0.25) is 0 Å². The van der Waals surface area contributed by atoms with Crippen molar-refractivity contribution in [2.45, 2.75) is 360 Å². The first-order valence-corrected chi connectivity index (χ1v) is 36.1. The average molecular weight is 1150 g/mol. The highest BCUT2D eigenvalue weighted by Crippen LogP contribution is 2.43. The zero-order valence-electron chi connectivity index (χ0n) is 52.8. The molecule has 0 saturated carbocycles. The Bertz CT molecular complexity index is 1450. The van der Waals surface area contributed by atoms with Gasteiger partial charge in [-0.05, 0) is 51.4 Å². The number of hydrogen-bond donors (Lipinski definition) is 2. The molecule has 9 nitrogen and oxygen atoms in total. The largest absolute Gasteiger partial charge is 0.472 e. The van der Waals surface area contributed by atoms with Crippen LogP contribution in [0.5, 0.6) is 0 Å². The summed E-state index contributed by atoms with van der Waals surface area (Å²) in [6.07, 6.45) is 83.8. The molecule has 0 aliphatic rings. The molecule has 0 aromatic heterocycles. The van der Waals surface area contributed by atoms with Crippen molar-refractivity contribution < 1.29 is 37.6 Å².